The molecule has 5 aliphatic heterocycles. The number of Topliss-reactive ketones (excluding diaryl/α,β-unsaturated/α-hetero) is 2. The van der Waals surface area contributed by atoms with E-state index in [-0.39, 0.29) is 37.2 Å². The molecule has 8 bridgehead atoms. The van der Waals surface area contributed by atoms with Gasteiger partial charge in [0, 0.05) is 24.7 Å². The van der Waals surface area contributed by atoms with Crippen LogP contribution in [-0.4, -0.2) is 46.6 Å². The van der Waals surface area contributed by atoms with Gasteiger partial charge >= 0.3 is 23.9 Å². The Morgan fingerprint density at radius 1 is 0.435 bits per heavy atom. The Kier molecular flexibility index (Phi) is 7.25. The minimum Gasteiger partial charge on any atom is -0.478 e. The van der Waals surface area contributed by atoms with Crippen LogP contribution >= 0.6 is 0 Å². The van der Waals surface area contributed by atoms with Gasteiger partial charge in [0.05, 0.1) is 34.5 Å². The van der Waals surface area contributed by atoms with Crippen molar-refractivity contribution in [1.29, 1.82) is 0 Å². The summed E-state index contributed by atoms with van der Waals surface area (Å²) in [7, 11) is 0. The Morgan fingerprint density at radius 3 is 1.06 bits per heavy atom. The highest BCUT2D eigenvalue weighted by Gasteiger charge is 2.80. The average Bonchev–Trinajstić information content (AvgIpc) is 3.89. The van der Waals surface area contributed by atoms with Crippen LogP contribution in [0.5, 0.6) is 11.5 Å². The molecule has 2 saturated heterocycles. The summed E-state index contributed by atoms with van der Waals surface area (Å²) in [4.78, 5) is 89.6. The van der Waals surface area contributed by atoms with Gasteiger partial charge in [-0.15, -0.1) is 0 Å². The molecule has 0 aromatic heterocycles. The molecule has 8 unspecified atom stereocenters. The number of benzene rings is 2. The maximum Gasteiger partial charge on any atom is 0.318 e. The highest BCUT2D eigenvalue weighted by molar-refractivity contribution is 6.11. The van der Waals surface area contributed by atoms with Crippen molar-refractivity contribution >= 4 is 35.4 Å². The lowest BCUT2D eigenvalue weighted by Gasteiger charge is -2.59. The Labute approximate surface area is 362 Å². The standard InChI is InChI=1S/C52H56O10/c1-45(2,3)27-13-23-17-49-21-29(47(7,8)9)34(32-35(49)41(55)59-40(32)54)52(43(49)57)20-26-16-28(46(4,5)6)14-24(38(26)62-52)18-50-22-30(48(10,11)12)33(31-36(50)42(56)60-39(31)53)51(44(50)58)19-25(15-27)37(23)61-51/h13-16,21-22,31-36H,17-20H2,1-12H3/t31?,32?,33?,34?,35?,36?,49?,50?,51-,52+. The molecule has 10 nitrogen and oxygen atoms in total. The molecule has 62 heavy (non-hydrogen) atoms. The largest absolute Gasteiger partial charge is 0.478 e. The van der Waals surface area contributed by atoms with E-state index in [0.29, 0.717) is 22.6 Å². The number of carbonyl (C=O) groups excluding carboxylic acids is 6. The van der Waals surface area contributed by atoms with E-state index in [1.54, 1.807) is 0 Å². The number of esters is 4. The van der Waals surface area contributed by atoms with Gasteiger partial charge < -0.3 is 18.9 Å². The fourth-order valence-corrected chi connectivity index (χ4v) is 13.9. The van der Waals surface area contributed by atoms with Crippen molar-refractivity contribution in [1.82, 2.24) is 0 Å². The number of allylic oxidation sites excluding steroid dienone is 2. The molecule has 0 amide bonds. The van der Waals surface area contributed by atoms with Gasteiger partial charge in [0.15, 0.2) is 22.8 Å². The third-order valence-corrected chi connectivity index (χ3v) is 16.5. The monoisotopic (exact) mass is 840 g/mol. The van der Waals surface area contributed by atoms with Crippen LogP contribution in [0.4, 0.5) is 0 Å². The molecule has 11 aliphatic rings. The van der Waals surface area contributed by atoms with E-state index < -0.39 is 103 Å². The Bertz CT molecular complexity index is 2470. The maximum absolute atomic E-state index is 16.3. The zero-order valence-electron chi connectivity index (χ0n) is 37.8. The third kappa shape index (κ3) is 4.61. The van der Waals surface area contributed by atoms with Gasteiger partial charge in [-0.05, 0) is 67.9 Å². The fraction of sp³-hybridized carbons (Fsp3) is 0.577. The quantitative estimate of drug-likeness (QED) is 0.150. The molecule has 2 aromatic carbocycles. The summed E-state index contributed by atoms with van der Waals surface area (Å²) in [6.07, 6.45) is 4.15. The third-order valence-electron chi connectivity index (χ3n) is 16.5. The molecule has 10 heteroatoms. The van der Waals surface area contributed by atoms with Crippen LogP contribution < -0.4 is 9.47 Å². The lowest BCUT2D eigenvalue weighted by Crippen LogP contribution is -2.71. The number of rotatable bonds is 0. The van der Waals surface area contributed by atoms with Crippen LogP contribution in [0, 0.1) is 57.2 Å². The van der Waals surface area contributed by atoms with Crippen molar-refractivity contribution in [2.75, 3.05) is 0 Å². The lowest BCUT2D eigenvalue weighted by molar-refractivity contribution is -0.172. The van der Waals surface area contributed by atoms with Gasteiger partial charge in [0.2, 0.25) is 0 Å². The molecular formula is C52H56O10. The number of hydrogen-bond acceptors (Lipinski definition) is 10. The molecule has 324 valence electrons. The number of ketones is 2. The maximum atomic E-state index is 16.3. The first-order valence-electron chi connectivity index (χ1n) is 22.4. The zero-order chi connectivity index (χ0) is 44.6. The van der Waals surface area contributed by atoms with E-state index in [0.717, 1.165) is 33.4 Å². The molecule has 0 radical (unpaired) electrons. The first kappa shape index (κ1) is 40.0. The summed E-state index contributed by atoms with van der Waals surface area (Å²) in [5.41, 5.74) is -1.97. The van der Waals surface area contributed by atoms with E-state index in [4.69, 9.17) is 18.9 Å². The average molecular weight is 841 g/mol. The first-order valence-corrected chi connectivity index (χ1v) is 22.4. The lowest BCUT2D eigenvalue weighted by atomic mass is 9.43. The fourth-order valence-electron chi connectivity index (χ4n) is 13.9. The zero-order valence-corrected chi connectivity index (χ0v) is 37.8. The van der Waals surface area contributed by atoms with Crippen LogP contribution in [0.25, 0.3) is 0 Å². The summed E-state index contributed by atoms with van der Waals surface area (Å²) < 4.78 is 26.0. The van der Waals surface area contributed by atoms with Gasteiger partial charge in [0.25, 0.3) is 0 Å². The Hall–Kier alpha value is -4.86. The van der Waals surface area contributed by atoms with Crippen molar-refractivity contribution in [3.8, 4) is 11.5 Å². The van der Waals surface area contributed by atoms with Crippen LogP contribution in [0.1, 0.15) is 116 Å². The van der Waals surface area contributed by atoms with Gasteiger partial charge in [-0.1, -0.05) is 131 Å². The highest BCUT2D eigenvalue weighted by Crippen LogP contribution is 2.70. The molecule has 4 spiro atoms. The molecule has 10 atom stereocenters. The number of hydrogen-bond donors (Lipinski definition) is 0. The van der Waals surface area contributed by atoms with Gasteiger partial charge in [-0.3, -0.25) is 28.8 Å². The summed E-state index contributed by atoms with van der Waals surface area (Å²) in [6, 6.07) is 8.19. The molecule has 0 N–H and O–H groups in total. The minimum absolute atomic E-state index is 0.0237. The second kappa shape index (κ2) is 11.3. The number of ether oxygens (including phenoxy) is 4. The van der Waals surface area contributed by atoms with Crippen LogP contribution in [0.15, 0.2) is 47.6 Å². The SMILES string of the molecule is CC(C)(C)C1=CC23Cc4cc(C(C)(C)C)cc5c4O[C@]4(C5)C(=O)C5(C=C(C(C)(C)C)C4C4C(=O)OC(=O)C45)Cc4cc(C(C)(C)C)cc5c4O[C@@](C5)(C2=O)C1C1C(=O)OC(=O)C13. The number of carbonyl (C=O) groups is 6. The molecule has 2 aromatic rings. The van der Waals surface area contributed by atoms with Crippen molar-refractivity contribution in [2.45, 2.75) is 131 Å². The topological polar surface area (TPSA) is 139 Å². The smallest absolute Gasteiger partial charge is 0.318 e. The molecule has 2 saturated carbocycles. The summed E-state index contributed by atoms with van der Waals surface area (Å²) >= 11 is 0. The van der Waals surface area contributed by atoms with E-state index in [1.807, 2.05) is 24.3 Å². The molecule has 13 rings (SSSR count). The highest BCUT2D eigenvalue weighted by atomic mass is 16.6. The van der Waals surface area contributed by atoms with Crippen molar-refractivity contribution in [3.05, 3.63) is 80.9 Å². The predicted molar refractivity (Wildman–Crippen MR) is 225 cm³/mol. The second-order valence-corrected chi connectivity index (χ2v) is 24.3. The molecular weight excluding hydrogens is 785 g/mol. The predicted octanol–water partition coefficient (Wildman–Crippen LogP) is 7.40. The van der Waals surface area contributed by atoms with Crippen LogP contribution in [0.3, 0.4) is 0 Å². The second-order valence-electron chi connectivity index (χ2n) is 24.3. The van der Waals surface area contributed by atoms with Crippen LogP contribution in [-0.2, 0) is 74.8 Å². The van der Waals surface area contributed by atoms with Gasteiger partial charge in [0.1, 0.15) is 11.5 Å². The molecule has 5 heterocycles. The first-order chi connectivity index (χ1) is 28.6. The van der Waals surface area contributed by atoms with Gasteiger partial charge in [-0.2, -0.15) is 0 Å². The van der Waals surface area contributed by atoms with E-state index in [9.17, 15) is 19.2 Å². The summed E-state index contributed by atoms with van der Waals surface area (Å²) in [6.45, 7) is 25.0. The Balaban J connectivity index is 1.29. The normalized spacial score (nSPS) is 37.3. The molecule has 4 fully saturated rings. The van der Waals surface area contributed by atoms with E-state index in [1.165, 1.54) is 0 Å². The van der Waals surface area contributed by atoms with Crippen molar-refractivity contribution < 1.29 is 47.7 Å². The van der Waals surface area contributed by atoms with Gasteiger partial charge in [-0.25, -0.2) is 0 Å². The van der Waals surface area contributed by atoms with E-state index >= 15 is 9.59 Å². The Morgan fingerprint density at radius 2 is 0.758 bits per heavy atom. The summed E-state index contributed by atoms with van der Waals surface area (Å²) in [5.74, 6) is -8.25. The molecule has 6 aliphatic carbocycles. The minimum atomic E-state index is -1.61. The van der Waals surface area contributed by atoms with Crippen molar-refractivity contribution in [2.24, 2.45) is 57.2 Å². The van der Waals surface area contributed by atoms with Crippen LogP contribution in [0.2, 0.25) is 0 Å². The number of cyclic esters (lactones) is 4. The van der Waals surface area contributed by atoms with E-state index in [2.05, 4.69) is 95.2 Å². The summed E-state index contributed by atoms with van der Waals surface area (Å²) in [5, 5.41) is 0. The van der Waals surface area contributed by atoms with Crippen molar-refractivity contribution in [3.63, 3.8) is 0 Å².